The van der Waals surface area contributed by atoms with Gasteiger partial charge in [-0.15, -0.1) is 0 Å². The molecule has 0 amide bonds. The van der Waals surface area contributed by atoms with E-state index in [2.05, 4.69) is 13.8 Å². The zero-order valence-electron chi connectivity index (χ0n) is 27.6. The molecular formula is C36H70CuO4. The van der Waals surface area contributed by atoms with Crippen LogP contribution in [0.1, 0.15) is 219 Å². The summed E-state index contributed by atoms with van der Waals surface area (Å²) < 4.78 is 0. The first-order valence-electron chi connectivity index (χ1n) is 17.9. The third-order valence-electron chi connectivity index (χ3n) is 7.97. The average molecular weight is 630 g/mol. The summed E-state index contributed by atoms with van der Waals surface area (Å²) in [7, 11) is 0. The van der Waals surface area contributed by atoms with Gasteiger partial charge in [-0.3, -0.25) is 0 Å². The number of carboxylic acid groups (broad SMARTS) is 2. The van der Waals surface area contributed by atoms with Crippen molar-refractivity contribution in [1.82, 2.24) is 0 Å². The van der Waals surface area contributed by atoms with E-state index in [0.717, 1.165) is 25.7 Å². The molecule has 4 nitrogen and oxygen atoms in total. The van der Waals surface area contributed by atoms with Crippen LogP contribution in [0.5, 0.6) is 0 Å². The third-order valence-corrected chi connectivity index (χ3v) is 7.97. The van der Waals surface area contributed by atoms with Crippen LogP contribution in [0.4, 0.5) is 0 Å². The van der Waals surface area contributed by atoms with Crippen LogP contribution in [0.3, 0.4) is 0 Å². The first-order valence-corrected chi connectivity index (χ1v) is 17.9. The molecule has 0 aliphatic carbocycles. The summed E-state index contributed by atoms with van der Waals surface area (Å²) in [5.41, 5.74) is 0. The molecule has 0 aromatic rings. The largest absolute Gasteiger partial charge is 2.00 e. The summed E-state index contributed by atoms with van der Waals surface area (Å²) in [5, 5.41) is 20.4. The van der Waals surface area contributed by atoms with Crippen molar-refractivity contribution in [3.8, 4) is 0 Å². The van der Waals surface area contributed by atoms with Crippen LogP contribution >= 0.6 is 0 Å². The van der Waals surface area contributed by atoms with Crippen LogP contribution in [0.25, 0.3) is 0 Å². The maximum atomic E-state index is 10.2. The number of hydrogen-bond acceptors (Lipinski definition) is 4. The Hall–Kier alpha value is -0.541. The van der Waals surface area contributed by atoms with Gasteiger partial charge in [0.1, 0.15) is 0 Å². The molecule has 0 atom stereocenters. The Morgan fingerprint density at radius 2 is 0.463 bits per heavy atom. The van der Waals surface area contributed by atoms with Crippen molar-refractivity contribution >= 4 is 11.9 Å². The number of carboxylic acids is 2. The van der Waals surface area contributed by atoms with Crippen LogP contribution in [0.15, 0.2) is 0 Å². The molecule has 0 heterocycles. The second kappa shape index (κ2) is 41.6. The molecule has 0 aromatic heterocycles. The summed E-state index contributed by atoms with van der Waals surface area (Å²) >= 11 is 0. The Morgan fingerprint density at radius 3 is 0.610 bits per heavy atom. The fourth-order valence-electron chi connectivity index (χ4n) is 5.28. The predicted molar refractivity (Wildman–Crippen MR) is 169 cm³/mol. The minimum atomic E-state index is -0.903. The number of aliphatic carboxylic acids is 2. The monoisotopic (exact) mass is 629 g/mol. The van der Waals surface area contributed by atoms with Gasteiger partial charge in [0, 0.05) is 11.9 Å². The number of rotatable bonds is 32. The Morgan fingerprint density at radius 1 is 0.317 bits per heavy atom. The van der Waals surface area contributed by atoms with E-state index in [1.165, 1.54) is 167 Å². The van der Waals surface area contributed by atoms with E-state index in [1.54, 1.807) is 0 Å². The summed E-state index contributed by atoms with van der Waals surface area (Å²) in [6.07, 6.45) is 39.7. The van der Waals surface area contributed by atoms with Gasteiger partial charge in [-0.05, 0) is 25.7 Å². The maximum absolute atomic E-state index is 10.2. The van der Waals surface area contributed by atoms with Gasteiger partial charge in [0.05, 0.1) is 0 Å². The van der Waals surface area contributed by atoms with E-state index in [9.17, 15) is 19.8 Å². The molecule has 0 aliphatic heterocycles. The fraction of sp³-hybridized carbons (Fsp3) is 0.944. The van der Waals surface area contributed by atoms with Crippen molar-refractivity contribution in [2.45, 2.75) is 219 Å². The van der Waals surface area contributed by atoms with Crippen LogP contribution in [0, 0.1) is 0 Å². The molecule has 249 valence electrons. The first-order chi connectivity index (χ1) is 19.5. The van der Waals surface area contributed by atoms with Gasteiger partial charge in [0.15, 0.2) is 0 Å². The van der Waals surface area contributed by atoms with Gasteiger partial charge in [0.2, 0.25) is 0 Å². The van der Waals surface area contributed by atoms with Crippen molar-refractivity contribution in [1.29, 1.82) is 0 Å². The Kier molecular flexibility index (Phi) is 45.5. The van der Waals surface area contributed by atoms with E-state index in [4.69, 9.17) is 0 Å². The van der Waals surface area contributed by atoms with E-state index in [1.807, 2.05) is 0 Å². The quantitative estimate of drug-likeness (QED) is 0.0547. The summed E-state index contributed by atoms with van der Waals surface area (Å²) in [5.74, 6) is -1.81. The van der Waals surface area contributed by atoms with Crippen LogP contribution in [-0.4, -0.2) is 11.9 Å². The van der Waals surface area contributed by atoms with Crippen molar-refractivity contribution in [2.24, 2.45) is 0 Å². The SMILES string of the molecule is CCCCCCCCCCCCCCCCCC(=O)[O-].CCCCCCCCCCCCCCCCCC(=O)[O-].[Cu+2]. The molecule has 0 N–H and O–H groups in total. The van der Waals surface area contributed by atoms with Crippen molar-refractivity contribution in [2.75, 3.05) is 0 Å². The predicted octanol–water partition coefficient (Wildman–Crippen LogP) is 9.99. The molecule has 0 saturated heterocycles. The third kappa shape index (κ3) is 49.5. The van der Waals surface area contributed by atoms with E-state index in [0.29, 0.717) is 0 Å². The van der Waals surface area contributed by atoms with Gasteiger partial charge in [0.25, 0.3) is 0 Å². The molecule has 0 aliphatic rings. The maximum Gasteiger partial charge on any atom is 2.00 e. The first kappa shape index (κ1) is 44.9. The minimum Gasteiger partial charge on any atom is -0.550 e. The molecule has 0 saturated carbocycles. The molecule has 0 aromatic carbocycles. The smallest absolute Gasteiger partial charge is 0.550 e. The van der Waals surface area contributed by atoms with E-state index >= 15 is 0 Å². The molecule has 0 fully saturated rings. The van der Waals surface area contributed by atoms with Crippen LogP contribution in [0.2, 0.25) is 0 Å². The molecule has 1 radical (unpaired) electrons. The Labute approximate surface area is 267 Å². The molecular weight excluding hydrogens is 560 g/mol. The minimum absolute atomic E-state index is 0. The summed E-state index contributed by atoms with van der Waals surface area (Å²) in [4.78, 5) is 20.4. The fourth-order valence-corrected chi connectivity index (χ4v) is 5.28. The number of carbonyl (C=O) groups is 2. The number of hydrogen-bond donors (Lipinski definition) is 0. The van der Waals surface area contributed by atoms with E-state index < -0.39 is 11.9 Å². The molecule has 0 bridgehead atoms. The van der Waals surface area contributed by atoms with Gasteiger partial charge in [-0.1, -0.05) is 194 Å². The van der Waals surface area contributed by atoms with E-state index in [-0.39, 0.29) is 29.9 Å². The average Bonchev–Trinajstić information content (AvgIpc) is 2.93. The van der Waals surface area contributed by atoms with Gasteiger partial charge >= 0.3 is 17.1 Å². The van der Waals surface area contributed by atoms with Crippen molar-refractivity contribution in [3.63, 3.8) is 0 Å². The molecule has 0 unspecified atom stereocenters. The Bertz CT molecular complexity index is 454. The standard InChI is InChI=1S/2C18H36O2.Cu/c2*1-2-3-4-5-6-7-8-9-10-11-12-13-14-15-16-17-18(19)20;/h2*2-17H2,1H3,(H,19,20);/q;;+2/p-2. The Balaban J connectivity index is -0.000000688. The van der Waals surface area contributed by atoms with Gasteiger partial charge in [-0.2, -0.15) is 0 Å². The zero-order chi connectivity index (χ0) is 29.8. The second-order valence-corrected chi connectivity index (χ2v) is 12.1. The van der Waals surface area contributed by atoms with Crippen LogP contribution < -0.4 is 10.2 Å². The normalized spacial score (nSPS) is 10.6. The molecule has 0 spiro atoms. The van der Waals surface area contributed by atoms with Crippen molar-refractivity contribution in [3.05, 3.63) is 0 Å². The second-order valence-electron chi connectivity index (χ2n) is 12.1. The zero-order valence-corrected chi connectivity index (χ0v) is 28.5. The topological polar surface area (TPSA) is 80.3 Å². The molecule has 5 heteroatoms. The summed E-state index contributed by atoms with van der Waals surface area (Å²) in [6.45, 7) is 4.53. The van der Waals surface area contributed by atoms with Gasteiger partial charge < -0.3 is 19.8 Å². The number of unbranched alkanes of at least 4 members (excludes halogenated alkanes) is 28. The molecule has 0 rings (SSSR count). The molecule has 41 heavy (non-hydrogen) atoms. The summed E-state index contributed by atoms with van der Waals surface area (Å²) in [6, 6.07) is 0. The van der Waals surface area contributed by atoms with Crippen molar-refractivity contribution < 1.29 is 36.9 Å². The van der Waals surface area contributed by atoms with Gasteiger partial charge in [-0.25, -0.2) is 0 Å². The number of carbonyl (C=O) groups excluding carboxylic acids is 2. The van der Waals surface area contributed by atoms with Crippen LogP contribution in [-0.2, 0) is 26.7 Å².